The van der Waals surface area contributed by atoms with Crippen LogP contribution in [0.15, 0.2) is 46.8 Å². The predicted molar refractivity (Wildman–Crippen MR) is 111 cm³/mol. The summed E-state index contributed by atoms with van der Waals surface area (Å²) in [5.74, 6) is -1.17. The van der Waals surface area contributed by atoms with E-state index in [0.29, 0.717) is 29.1 Å². The van der Waals surface area contributed by atoms with Gasteiger partial charge in [-0.25, -0.2) is 4.79 Å². The van der Waals surface area contributed by atoms with E-state index >= 15 is 0 Å². The molecule has 1 aliphatic carbocycles. The molecule has 3 aliphatic heterocycles. The number of carbonyl (C=O) groups is 3. The molecule has 0 aromatic heterocycles. The number of primary amides is 1. The van der Waals surface area contributed by atoms with Crippen LogP contribution in [-0.4, -0.2) is 60.6 Å². The van der Waals surface area contributed by atoms with Crippen molar-refractivity contribution >= 4 is 23.3 Å². The number of anilines is 1. The first-order valence-electron chi connectivity index (χ1n) is 10.2. The summed E-state index contributed by atoms with van der Waals surface area (Å²) >= 11 is 0. The highest BCUT2D eigenvalue weighted by Gasteiger charge is 2.72. The van der Waals surface area contributed by atoms with E-state index in [1.807, 2.05) is 36.1 Å². The maximum atomic E-state index is 13.7. The molecule has 9 heteroatoms. The van der Waals surface area contributed by atoms with Gasteiger partial charge in [0.2, 0.25) is 11.6 Å². The van der Waals surface area contributed by atoms with Crippen molar-refractivity contribution in [2.75, 3.05) is 25.6 Å². The lowest BCUT2D eigenvalue weighted by molar-refractivity contribution is -0.137. The third kappa shape index (κ3) is 2.66. The second kappa shape index (κ2) is 6.66. The lowest BCUT2D eigenvalue weighted by atomic mass is 9.82. The quantitative estimate of drug-likeness (QED) is 0.467. The molecule has 2 saturated heterocycles. The number of piperazine rings is 1. The van der Waals surface area contributed by atoms with Crippen LogP contribution >= 0.6 is 0 Å². The molecule has 4 N–H and O–H groups in total. The fraction of sp³-hybridized carbons (Fsp3) is 0.409. The average molecular weight is 424 g/mol. The van der Waals surface area contributed by atoms with Gasteiger partial charge in [-0.2, -0.15) is 0 Å². The Morgan fingerprint density at radius 1 is 1.26 bits per heavy atom. The SMILES string of the molecule is COC12[C@@H]3N[C@@H]3CN1C1=C(C(=O)C(Nc3ccc(C)cc3)=C(C)C1=O)[C@@H]2COC(N)=O. The summed E-state index contributed by atoms with van der Waals surface area (Å²) in [6.07, 6.45) is -0.940. The Labute approximate surface area is 179 Å². The van der Waals surface area contributed by atoms with Crippen molar-refractivity contribution in [2.24, 2.45) is 11.7 Å². The first-order chi connectivity index (χ1) is 14.8. The molecule has 1 aromatic rings. The third-order valence-electron chi connectivity index (χ3n) is 6.75. The number of nitrogens with two attached hydrogens (primary N) is 1. The standard InChI is InChI=1S/C22H24N4O5/c1-10-4-6-12(7-5-10)24-16-11(2)18(27)17-15(19(16)28)13(9-31-21(23)29)22(30-3)20-14(25-20)8-26(17)22/h4-7,13-14,20,24-25H,8-9H2,1-3H3,(H2,23,29)/t13-,14+,20+,22?/m0/s1. The number of methoxy groups -OCH3 is 1. The fourth-order valence-electron chi connectivity index (χ4n) is 5.22. The Kier molecular flexibility index (Phi) is 4.25. The molecule has 4 atom stereocenters. The number of hydrogen-bond acceptors (Lipinski definition) is 8. The number of rotatable bonds is 5. The fourth-order valence-corrected chi connectivity index (χ4v) is 5.22. The Morgan fingerprint density at radius 3 is 2.61 bits per heavy atom. The van der Waals surface area contributed by atoms with Gasteiger partial charge in [0.05, 0.1) is 23.4 Å². The zero-order chi connectivity index (χ0) is 22.1. The van der Waals surface area contributed by atoms with E-state index < -0.39 is 17.7 Å². The van der Waals surface area contributed by atoms with Gasteiger partial charge in [-0.15, -0.1) is 0 Å². The number of allylic oxidation sites excluding steroid dienone is 2. The van der Waals surface area contributed by atoms with E-state index in [2.05, 4.69) is 10.6 Å². The average Bonchev–Trinajstić information content (AvgIpc) is 3.35. The minimum Gasteiger partial charge on any atom is -0.449 e. The van der Waals surface area contributed by atoms with Gasteiger partial charge in [-0.1, -0.05) is 17.7 Å². The van der Waals surface area contributed by atoms with Crippen LogP contribution in [0.2, 0.25) is 0 Å². The predicted octanol–water partition coefficient (Wildman–Crippen LogP) is 0.811. The zero-order valence-electron chi connectivity index (χ0n) is 17.5. The highest BCUT2D eigenvalue weighted by Crippen LogP contribution is 2.55. The van der Waals surface area contributed by atoms with Crippen LogP contribution in [0.1, 0.15) is 12.5 Å². The van der Waals surface area contributed by atoms with Crippen molar-refractivity contribution in [1.29, 1.82) is 0 Å². The van der Waals surface area contributed by atoms with E-state index in [1.165, 1.54) is 0 Å². The highest BCUT2D eigenvalue weighted by molar-refractivity contribution is 6.26. The maximum Gasteiger partial charge on any atom is 0.404 e. The van der Waals surface area contributed by atoms with Crippen molar-refractivity contribution in [2.45, 2.75) is 31.7 Å². The van der Waals surface area contributed by atoms with Crippen molar-refractivity contribution in [3.63, 3.8) is 0 Å². The van der Waals surface area contributed by atoms with Gasteiger partial charge in [0.25, 0.3) is 0 Å². The number of nitrogens with zero attached hydrogens (tertiary/aromatic N) is 1. The van der Waals surface area contributed by atoms with E-state index in [1.54, 1.807) is 14.0 Å². The minimum atomic E-state index is -0.976. The summed E-state index contributed by atoms with van der Waals surface area (Å²) in [5, 5.41) is 6.46. The monoisotopic (exact) mass is 424 g/mol. The molecule has 5 rings (SSSR count). The maximum absolute atomic E-state index is 13.7. The molecule has 4 aliphatic rings. The number of nitrogens with one attached hydrogen (secondary N) is 2. The minimum absolute atomic E-state index is 0.0704. The van der Waals surface area contributed by atoms with Gasteiger partial charge in [0.15, 0.2) is 5.72 Å². The second-order valence-corrected chi connectivity index (χ2v) is 8.41. The molecule has 1 unspecified atom stereocenters. The lowest BCUT2D eigenvalue weighted by Crippen LogP contribution is -2.55. The number of Topliss-reactive ketones (excluding diaryl/α,β-unsaturated/α-hetero) is 2. The topological polar surface area (TPSA) is 133 Å². The zero-order valence-corrected chi connectivity index (χ0v) is 17.5. The Hall–Kier alpha value is -3.17. The summed E-state index contributed by atoms with van der Waals surface area (Å²) < 4.78 is 11.1. The van der Waals surface area contributed by atoms with Gasteiger partial charge in [0, 0.05) is 36.5 Å². The van der Waals surface area contributed by atoms with Crippen LogP contribution in [0.3, 0.4) is 0 Å². The van der Waals surface area contributed by atoms with E-state index in [0.717, 1.165) is 5.56 Å². The van der Waals surface area contributed by atoms with Crippen LogP contribution < -0.4 is 16.4 Å². The molecular weight excluding hydrogens is 400 g/mol. The van der Waals surface area contributed by atoms with Crippen LogP contribution in [0.25, 0.3) is 0 Å². The number of carbonyl (C=O) groups excluding carboxylic acids is 3. The van der Waals surface area contributed by atoms with Gasteiger partial charge in [-0.05, 0) is 26.0 Å². The van der Waals surface area contributed by atoms with Crippen molar-refractivity contribution < 1.29 is 23.9 Å². The Balaban J connectivity index is 1.56. The van der Waals surface area contributed by atoms with Crippen molar-refractivity contribution in [3.8, 4) is 0 Å². The smallest absolute Gasteiger partial charge is 0.404 e. The molecule has 1 amide bonds. The molecule has 9 nitrogen and oxygen atoms in total. The van der Waals surface area contributed by atoms with Crippen LogP contribution in [0, 0.1) is 12.8 Å². The summed E-state index contributed by atoms with van der Waals surface area (Å²) in [5.41, 5.74) is 7.24. The molecule has 0 radical (unpaired) electrons. The van der Waals surface area contributed by atoms with Crippen molar-refractivity contribution in [3.05, 3.63) is 52.4 Å². The third-order valence-corrected chi connectivity index (χ3v) is 6.75. The first kappa shape index (κ1) is 19.8. The van der Waals surface area contributed by atoms with Gasteiger partial charge < -0.3 is 30.7 Å². The summed E-state index contributed by atoms with van der Waals surface area (Å²) in [6, 6.07) is 7.64. The van der Waals surface area contributed by atoms with Gasteiger partial charge in [-0.3, -0.25) is 9.59 Å². The highest BCUT2D eigenvalue weighted by atomic mass is 16.6. The molecule has 1 aromatic carbocycles. The van der Waals surface area contributed by atoms with Gasteiger partial charge >= 0.3 is 6.09 Å². The first-order valence-corrected chi connectivity index (χ1v) is 10.2. The molecular formula is C22H24N4O5. The molecule has 2 fully saturated rings. The lowest BCUT2D eigenvalue weighted by Gasteiger charge is -2.39. The van der Waals surface area contributed by atoms with Crippen LogP contribution in [-0.2, 0) is 19.1 Å². The largest absolute Gasteiger partial charge is 0.449 e. The molecule has 0 spiro atoms. The molecule has 31 heavy (non-hydrogen) atoms. The van der Waals surface area contributed by atoms with Gasteiger partial charge in [0.1, 0.15) is 6.61 Å². The number of aryl methyl sites for hydroxylation is 1. The number of hydrogen-bond donors (Lipinski definition) is 3. The Morgan fingerprint density at radius 2 is 1.97 bits per heavy atom. The molecule has 3 heterocycles. The molecule has 162 valence electrons. The summed E-state index contributed by atoms with van der Waals surface area (Å²) in [7, 11) is 1.55. The number of ether oxygens (including phenoxy) is 2. The number of benzene rings is 1. The molecule has 0 bridgehead atoms. The summed E-state index contributed by atoms with van der Waals surface area (Å²) in [4.78, 5) is 40.4. The molecule has 0 saturated carbocycles. The van der Waals surface area contributed by atoms with Crippen LogP contribution in [0.4, 0.5) is 10.5 Å². The summed E-state index contributed by atoms with van der Waals surface area (Å²) in [6.45, 7) is 4.01. The Bertz CT molecular complexity index is 1080. The van der Waals surface area contributed by atoms with E-state index in [4.69, 9.17) is 15.2 Å². The normalized spacial score (nSPS) is 30.9. The van der Waals surface area contributed by atoms with E-state index in [9.17, 15) is 14.4 Å². The van der Waals surface area contributed by atoms with Crippen molar-refractivity contribution in [1.82, 2.24) is 10.2 Å². The van der Waals surface area contributed by atoms with Crippen LogP contribution in [0.5, 0.6) is 0 Å². The number of amides is 1. The second-order valence-electron chi connectivity index (χ2n) is 8.41. The van der Waals surface area contributed by atoms with E-state index in [-0.39, 0.29) is 36.0 Å². The number of ketones is 2. The number of fused-ring (bicyclic) bond motifs is 4.